The highest BCUT2D eigenvalue weighted by Gasteiger charge is 2.48. The van der Waals surface area contributed by atoms with Gasteiger partial charge in [0.2, 0.25) is 5.88 Å². The standard InChI is InChI=1S/C18H19ClFN3O2.C2HF3O2/c19-15-2-1-13(7-16(15)20)10-23-11-18(12-23)8-14(3-6-24-18)25-17-9-21-4-5-22-17;3-2(4,5)1(6)7/h1-2,4-5,7,9,14H,3,6,8,10-12H2;(H,6,7). The summed E-state index contributed by atoms with van der Waals surface area (Å²) in [4.78, 5) is 19.3. The lowest BCUT2D eigenvalue weighted by Crippen LogP contribution is -2.65. The smallest absolute Gasteiger partial charge is 0.475 e. The van der Waals surface area contributed by atoms with Crippen LogP contribution in [0, 0.1) is 5.82 Å². The Morgan fingerprint density at radius 1 is 1.34 bits per heavy atom. The Morgan fingerprint density at radius 2 is 2.06 bits per heavy atom. The number of rotatable bonds is 4. The van der Waals surface area contributed by atoms with E-state index < -0.39 is 12.1 Å². The molecule has 12 heteroatoms. The highest BCUT2D eigenvalue weighted by atomic mass is 35.5. The van der Waals surface area contributed by atoms with Gasteiger partial charge in [-0.15, -0.1) is 0 Å². The Balaban J connectivity index is 0.000000360. The van der Waals surface area contributed by atoms with Crippen molar-refractivity contribution in [2.75, 3.05) is 19.7 Å². The third-order valence-corrected chi connectivity index (χ3v) is 5.24. The third kappa shape index (κ3) is 6.50. The van der Waals surface area contributed by atoms with Gasteiger partial charge in [-0.2, -0.15) is 13.2 Å². The van der Waals surface area contributed by atoms with Gasteiger partial charge in [-0.25, -0.2) is 14.2 Å². The summed E-state index contributed by atoms with van der Waals surface area (Å²) in [6.07, 6.45) is 1.56. The summed E-state index contributed by atoms with van der Waals surface area (Å²) in [5, 5.41) is 7.28. The van der Waals surface area contributed by atoms with Crippen LogP contribution in [0.1, 0.15) is 18.4 Å². The number of aliphatic carboxylic acids is 1. The van der Waals surface area contributed by atoms with Crippen molar-refractivity contribution in [2.24, 2.45) is 0 Å². The van der Waals surface area contributed by atoms with Crippen LogP contribution in [-0.2, 0) is 16.1 Å². The van der Waals surface area contributed by atoms with Gasteiger partial charge in [-0.05, 0) is 17.7 Å². The SMILES string of the molecule is Fc1cc(CN2CC3(CC(Oc4cnccn4)CCO3)C2)ccc1Cl.O=C(O)C(F)(F)F. The van der Waals surface area contributed by atoms with Crippen LogP contribution in [0.3, 0.4) is 0 Å². The minimum atomic E-state index is -5.08. The number of carbonyl (C=O) groups is 1. The Morgan fingerprint density at radius 3 is 2.66 bits per heavy atom. The number of ether oxygens (including phenoxy) is 2. The molecule has 1 aromatic carbocycles. The van der Waals surface area contributed by atoms with Gasteiger partial charge < -0.3 is 14.6 Å². The van der Waals surface area contributed by atoms with Crippen molar-refractivity contribution < 1.29 is 36.9 Å². The normalized spacial score (nSPS) is 20.1. The summed E-state index contributed by atoms with van der Waals surface area (Å²) in [6, 6.07) is 4.96. The summed E-state index contributed by atoms with van der Waals surface area (Å²) in [6.45, 7) is 3.00. The minimum Gasteiger partial charge on any atom is -0.475 e. The van der Waals surface area contributed by atoms with Crippen LogP contribution in [0.25, 0.3) is 0 Å². The predicted molar refractivity (Wildman–Crippen MR) is 105 cm³/mol. The third-order valence-electron chi connectivity index (χ3n) is 4.93. The lowest BCUT2D eigenvalue weighted by atomic mass is 9.84. The van der Waals surface area contributed by atoms with E-state index in [1.54, 1.807) is 24.7 Å². The minimum absolute atomic E-state index is 0.0839. The lowest BCUT2D eigenvalue weighted by Gasteiger charge is -2.53. The number of carboxylic acid groups (broad SMARTS) is 1. The summed E-state index contributed by atoms with van der Waals surface area (Å²) >= 11 is 5.73. The molecule has 2 aromatic rings. The number of hydrogen-bond acceptors (Lipinski definition) is 6. The van der Waals surface area contributed by atoms with Crippen molar-refractivity contribution in [2.45, 2.75) is 37.3 Å². The zero-order chi connectivity index (χ0) is 23.4. The first-order chi connectivity index (χ1) is 15.1. The number of likely N-dealkylation sites (tertiary alicyclic amines) is 1. The van der Waals surface area contributed by atoms with E-state index in [1.807, 2.05) is 6.07 Å². The van der Waals surface area contributed by atoms with E-state index in [2.05, 4.69) is 14.9 Å². The molecule has 7 nitrogen and oxygen atoms in total. The van der Waals surface area contributed by atoms with Crippen molar-refractivity contribution in [3.63, 3.8) is 0 Å². The molecule has 2 aliphatic heterocycles. The van der Waals surface area contributed by atoms with Crippen molar-refractivity contribution in [3.05, 3.63) is 53.2 Å². The van der Waals surface area contributed by atoms with Gasteiger partial charge in [0.25, 0.3) is 0 Å². The van der Waals surface area contributed by atoms with Gasteiger partial charge >= 0.3 is 12.1 Å². The Bertz CT molecular complexity index is 927. The molecule has 0 bridgehead atoms. The van der Waals surface area contributed by atoms with Gasteiger partial charge in [0.05, 0.1) is 23.4 Å². The average Bonchev–Trinajstić information content (AvgIpc) is 2.70. The fraction of sp³-hybridized carbons (Fsp3) is 0.450. The van der Waals surface area contributed by atoms with E-state index in [4.69, 9.17) is 31.0 Å². The van der Waals surface area contributed by atoms with E-state index in [-0.39, 0.29) is 22.5 Å². The van der Waals surface area contributed by atoms with Crippen molar-refractivity contribution >= 4 is 17.6 Å². The topological polar surface area (TPSA) is 84.8 Å². The van der Waals surface area contributed by atoms with Crippen LogP contribution < -0.4 is 4.74 Å². The van der Waals surface area contributed by atoms with E-state index in [1.165, 1.54) is 6.07 Å². The van der Waals surface area contributed by atoms with Gasteiger partial charge in [-0.1, -0.05) is 17.7 Å². The second-order valence-corrected chi connectivity index (χ2v) is 7.91. The summed E-state index contributed by atoms with van der Waals surface area (Å²) in [7, 11) is 0. The van der Waals surface area contributed by atoms with Crippen LogP contribution in [-0.4, -0.2) is 63.5 Å². The van der Waals surface area contributed by atoms with Crippen molar-refractivity contribution in [1.29, 1.82) is 0 Å². The molecule has 1 N–H and O–H groups in total. The molecule has 174 valence electrons. The molecule has 0 saturated carbocycles. The molecule has 1 spiro atoms. The van der Waals surface area contributed by atoms with Crippen LogP contribution in [0.4, 0.5) is 17.6 Å². The molecule has 1 atom stereocenters. The number of halogens is 5. The van der Waals surface area contributed by atoms with Crippen LogP contribution in [0.5, 0.6) is 5.88 Å². The molecular weight excluding hydrogens is 458 g/mol. The predicted octanol–water partition coefficient (Wildman–Crippen LogP) is 3.71. The molecule has 0 radical (unpaired) electrons. The van der Waals surface area contributed by atoms with Crippen LogP contribution in [0.2, 0.25) is 5.02 Å². The van der Waals surface area contributed by atoms with Gasteiger partial charge in [0.15, 0.2) is 0 Å². The zero-order valence-corrected chi connectivity index (χ0v) is 17.4. The second kappa shape index (κ2) is 9.97. The molecule has 2 saturated heterocycles. The first kappa shape index (κ1) is 24.1. The van der Waals surface area contributed by atoms with Gasteiger partial charge in [0, 0.05) is 44.9 Å². The van der Waals surface area contributed by atoms with E-state index >= 15 is 0 Å². The monoisotopic (exact) mass is 477 g/mol. The molecule has 0 amide bonds. The molecule has 0 aliphatic carbocycles. The lowest BCUT2D eigenvalue weighted by molar-refractivity contribution is -0.192. The molecule has 4 rings (SSSR count). The fourth-order valence-corrected chi connectivity index (χ4v) is 3.72. The van der Waals surface area contributed by atoms with Crippen molar-refractivity contribution in [3.8, 4) is 5.88 Å². The molecule has 32 heavy (non-hydrogen) atoms. The maximum absolute atomic E-state index is 13.6. The number of aromatic nitrogens is 2. The van der Waals surface area contributed by atoms with E-state index in [0.717, 1.165) is 31.5 Å². The average molecular weight is 478 g/mol. The van der Waals surface area contributed by atoms with Crippen LogP contribution in [0.15, 0.2) is 36.8 Å². The Hall–Kier alpha value is -2.50. The molecule has 2 fully saturated rings. The fourth-order valence-electron chi connectivity index (χ4n) is 3.60. The number of hydrogen-bond donors (Lipinski definition) is 1. The van der Waals surface area contributed by atoms with Gasteiger partial charge in [-0.3, -0.25) is 9.88 Å². The number of nitrogens with zero attached hydrogens (tertiary/aromatic N) is 3. The zero-order valence-electron chi connectivity index (χ0n) is 16.7. The van der Waals surface area contributed by atoms with E-state index in [0.29, 0.717) is 19.0 Å². The van der Waals surface area contributed by atoms with Crippen LogP contribution >= 0.6 is 11.6 Å². The molecule has 3 heterocycles. The number of alkyl halides is 3. The summed E-state index contributed by atoms with van der Waals surface area (Å²) < 4.78 is 57.3. The first-order valence-electron chi connectivity index (χ1n) is 9.59. The molecular formula is C20H20ClF4N3O4. The quantitative estimate of drug-likeness (QED) is 0.672. The maximum atomic E-state index is 13.6. The first-order valence-corrected chi connectivity index (χ1v) is 9.97. The second-order valence-electron chi connectivity index (χ2n) is 7.50. The molecule has 1 unspecified atom stereocenters. The van der Waals surface area contributed by atoms with E-state index in [9.17, 15) is 17.6 Å². The van der Waals surface area contributed by atoms with Gasteiger partial charge in [0.1, 0.15) is 11.9 Å². The maximum Gasteiger partial charge on any atom is 0.490 e. The molecule has 2 aliphatic rings. The highest BCUT2D eigenvalue weighted by molar-refractivity contribution is 6.30. The molecule has 1 aromatic heterocycles. The number of benzene rings is 1. The van der Waals surface area contributed by atoms with Crippen molar-refractivity contribution in [1.82, 2.24) is 14.9 Å². The highest BCUT2D eigenvalue weighted by Crippen LogP contribution is 2.36. The number of carboxylic acids is 1. The Kier molecular flexibility index (Phi) is 7.52. The summed E-state index contributed by atoms with van der Waals surface area (Å²) in [5.74, 6) is -2.58. The largest absolute Gasteiger partial charge is 0.490 e. The Labute approximate surface area is 185 Å². The summed E-state index contributed by atoms with van der Waals surface area (Å²) in [5.41, 5.74) is 0.746.